The normalized spacial score (nSPS) is 15.8. The molecule has 6 nitrogen and oxygen atoms in total. The quantitative estimate of drug-likeness (QED) is 0.568. The van der Waals surface area contributed by atoms with Crippen LogP contribution in [0.3, 0.4) is 0 Å². The summed E-state index contributed by atoms with van der Waals surface area (Å²) in [6.07, 6.45) is -3.20. The Morgan fingerprint density at radius 2 is 1.87 bits per heavy atom. The number of rotatable bonds is 5. The van der Waals surface area contributed by atoms with Crippen molar-refractivity contribution in [2.24, 2.45) is 5.92 Å². The highest BCUT2D eigenvalue weighted by molar-refractivity contribution is 5.98. The minimum absolute atomic E-state index is 0.0460. The first-order chi connectivity index (χ1) is 14.4. The molecule has 0 saturated carbocycles. The minimum Gasteiger partial charge on any atom is -0.397 e. The average molecular weight is 432 g/mol. The number of nitrogens with zero attached hydrogens (tertiary/aromatic N) is 2. The van der Waals surface area contributed by atoms with E-state index in [0.29, 0.717) is 17.3 Å². The maximum atomic E-state index is 13.1. The Morgan fingerprint density at radius 1 is 1.16 bits per heavy atom. The van der Waals surface area contributed by atoms with Crippen LogP contribution >= 0.6 is 0 Å². The number of carbonyl (C=O) groups excluding carboxylic acids is 1. The van der Waals surface area contributed by atoms with Gasteiger partial charge in [0.05, 0.1) is 34.1 Å². The molecule has 3 rings (SSSR count). The summed E-state index contributed by atoms with van der Waals surface area (Å²) >= 11 is 0. The number of alkyl halides is 3. The van der Waals surface area contributed by atoms with Gasteiger partial charge in [-0.15, -0.1) is 0 Å². The predicted octanol–water partition coefficient (Wildman–Crippen LogP) is 3.89. The van der Waals surface area contributed by atoms with E-state index in [9.17, 15) is 23.1 Å². The number of carbonyl (C=O) groups is 1. The van der Waals surface area contributed by atoms with Gasteiger partial charge in [0.1, 0.15) is 0 Å². The van der Waals surface area contributed by atoms with Crippen LogP contribution in [0, 0.1) is 5.92 Å². The Morgan fingerprint density at radius 3 is 2.48 bits per heavy atom. The molecule has 0 saturated heterocycles. The molecule has 0 radical (unpaired) electrons. The number of halogens is 3. The van der Waals surface area contributed by atoms with Gasteiger partial charge in [-0.2, -0.15) is 13.2 Å². The number of nitrogens with one attached hydrogen (secondary N) is 1. The molecule has 2 aromatic heterocycles. The molecule has 0 bridgehead atoms. The van der Waals surface area contributed by atoms with Gasteiger partial charge >= 0.3 is 6.18 Å². The molecule has 2 heterocycles. The first-order valence-corrected chi connectivity index (χ1v) is 9.62. The van der Waals surface area contributed by atoms with Crippen molar-refractivity contribution in [2.45, 2.75) is 38.6 Å². The van der Waals surface area contributed by atoms with E-state index in [2.05, 4.69) is 15.3 Å². The second-order valence-electron chi connectivity index (χ2n) is 7.76. The lowest BCUT2D eigenvalue weighted by molar-refractivity contribution is -0.137. The zero-order valence-corrected chi connectivity index (χ0v) is 17.2. The Labute approximate surface area is 177 Å². The predicted molar refractivity (Wildman–Crippen MR) is 111 cm³/mol. The number of anilines is 1. The third-order valence-electron chi connectivity index (χ3n) is 5.61. The van der Waals surface area contributed by atoms with Gasteiger partial charge in [0.25, 0.3) is 5.91 Å². The van der Waals surface area contributed by atoms with Gasteiger partial charge in [-0.05, 0) is 44.2 Å². The number of aliphatic hydroxyl groups is 1. The number of hydrogen-bond acceptors (Lipinski definition) is 5. The molecular formula is C22H23F3N4O2. The number of nitrogens with two attached hydrogens (primary N) is 1. The summed E-state index contributed by atoms with van der Waals surface area (Å²) in [4.78, 5) is 21.2. The molecule has 4 N–H and O–H groups in total. The SMILES string of the molecule is CC(O)C(C)C(C)(NC(=O)c1ccc2ncccc2c1)c1ncc(C(F)(F)F)cc1N. The van der Waals surface area contributed by atoms with E-state index in [4.69, 9.17) is 5.73 Å². The van der Waals surface area contributed by atoms with Gasteiger partial charge in [-0.3, -0.25) is 14.8 Å². The lowest BCUT2D eigenvalue weighted by atomic mass is 9.79. The molecule has 0 fully saturated rings. The second-order valence-corrected chi connectivity index (χ2v) is 7.76. The van der Waals surface area contributed by atoms with Crippen molar-refractivity contribution in [2.75, 3.05) is 5.73 Å². The first kappa shape index (κ1) is 22.5. The van der Waals surface area contributed by atoms with Crippen LogP contribution in [-0.4, -0.2) is 27.1 Å². The summed E-state index contributed by atoms with van der Waals surface area (Å²) in [7, 11) is 0. The summed E-state index contributed by atoms with van der Waals surface area (Å²) in [5.41, 5.74) is 4.45. The highest BCUT2D eigenvalue weighted by atomic mass is 19.4. The molecule has 9 heteroatoms. The van der Waals surface area contributed by atoms with E-state index in [-0.39, 0.29) is 11.4 Å². The van der Waals surface area contributed by atoms with Crippen molar-refractivity contribution in [1.29, 1.82) is 0 Å². The number of aromatic nitrogens is 2. The van der Waals surface area contributed by atoms with Crippen LogP contribution in [0.2, 0.25) is 0 Å². The molecule has 3 unspecified atom stereocenters. The van der Waals surface area contributed by atoms with Gasteiger partial charge in [-0.1, -0.05) is 13.0 Å². The van der Waals surface area contributed by atoms with Crippen molar-refractivity contribution >= 4 is 22.5 Å². The molecule has 3 atom stereocenters. The van der Waals surface area contributed by atoms with Crippen LogP contribution in [0.5, 0.6) is 0 Å². The van der Waals surface area contributed by atoms with Crippen LogP contribution in [0.15, 0.2) is 48.8 Å². The van der Waals surface area contributed by atoms with Crippen molar-refractivity contribution in [3.05, 3.63) is 65.6 Å². The summed E-state index contributed by atoms with van der Waals surface area (Å²) in [6, 6.07) is 9.30. The maximum absolute atomic E-state index is 13.1. The fourth-order valence-electron chi connectivity index (χ4n) is 3.47. The van der Waals surface area contributed by atoms with Crippen molar-refractivity contribution in [3.8, 4) is 0 Å². The fraction of sp³-hybridized carbons (Fsp3) is 0.318. The van der Waals surface area contributed by atoms with E-state index >= 15 is 0 Å². The lowest BCUT2D eigenvalue weighted by Crippen LogP contribution is -2.52. The van der Waals surface area contributed by atoms with Gasteiger partial charge in [0.2, 0.25) is 0 Å². The number of hydrogen-bond donors (Lipinski definition) is 3. The summed E-state index contributed by atoms with van der Waals surface area (Å²) in [5, 5.41) is 13.8. The van der Waals surface area contributed by atoms with E-state index in [0.717, 1.165) is 11.5 Å². The van der Waals surface area contributed by atoms with E-state index in [1.165, 1.54) is 6.92 Å². The molecule has 164 valence electrons. The van der Waals surface area contributed by atoms with Gasteiger partial charge < -0.3 is 16.2 Å². The van der Waals surface area contributed by atoms with E-state index in [1.54, 1.807) is 44.3 Å². The molecule has 1 amide bonds. The van der Waals surface area contributed by atoms with Crippen LogP contribution in [0.4, 0.5) is 18.9 Å². The van der Waals surface area contributed by atoms with Gasteiger partial charge in [0, 0.05) is 29.3 Å². The number of fused-ring (bicyclic) bond motifs is 1. The number of pyridine rings is 2. The third-order valence-corrected chi connectivity index (χ3v) is 5.61. The summed E-state index contributed by atoms with van der Waals surface area (Å²) in [5.74, 6) is -1.10. The number of amides is 1. The van der Waals surface area contributed by atoms with Gasteiger partial charge in [-0.25, -0.2) is 0 Å². The highest BCUT2D eigenvalue weighted by Gasteiger charge is 2.41. The highest BCUT2D eigenvalue weighted by Crippen LogP contribution is 2.37. The van der Waals surface area contributed by atoms with Gasteiger partial charge in [0.15, 0.2) is 0 Å². The van der Waals surface area contributed by atoms with Crippen LogP contribution in [-0.2, 0) is 11.7 Å². The molecule has 3 aromatic rings. The van der Waals surface area contributed by atoms with Crippen LogP contribution in [0.1, 0.15) is 42.4 Å². The zero-order chi connectivity index (χ0) is 23.0. The summed E-state index contributed by atoms with van der Waals surface area (Å²) < 4.78 is 39.1. The van der Waals surface area contributed by atoms with E-state index < -0.39 is 35.2 Å². The maximum Gasteiger partial charge on any atom is 0.417 e. The van der Waals surface area contributed by atoms with Crippen molar-refractivity contribution in [3.63, 3.8) is 0 Å². The standard InChI is InChI=1S/C22H23F3N4O2/c1-12(13(2)30)21(3,19-17(26)10-16(11-28-19)22(23,24)25)29-20(31)15-6-7-18-14(9-15)5-4-8-27-18/h4-13,30H,26H2,1-3H3,(H,29,31). The molecule has 31 heavy (non-hydrogen) atoms. The number of aliphatic hydroxyl groups excluding tert-OH is 1. The largest absolute Gasteiger partial charge is 0.417 e. The topological polar surface area (TPSA) is 101 Å². The van der Waals surface area contributed by atoms with E-state index in [1.807, 2.05) is 6.07 Å². The second kappa shape index (κ2) is 8.14. The zero-order valence-electron chi connectivity index (χ0n) is 17.2. The molecule has 0 aliphatic heterocycles. The summed E-state index contributed by atoms with van der Waals surface area (Å²) in [6.45, 7) is 4.77. The van der Waals surface area contributed by atoms with Crippen LogP contribution in [0.25, 0.3) is 10.9 Å². The monoisotopic (exact) mass is 432 g/mol. The molecule has 0 aliphatic rings. The average Bonchev–Trinajstić information content (AvgIpc) is 2.71. The number of benzene rings is 1. The minimum atomic E-state index is -4.60. The van der Waals surface area contributed by atoms with Crippen molar-refractivity contribution in [1.82, 2.24) is 15.3 Å². The molecule has 1 aromatic carbocycles. The molecule has 0 spiro atoms. The number of nitrogen functional groups attached to an aromatic ring is 1. The van der Waals surface area contributed by atoms with Crippen LogP contribution < -0.4 is 11.1 Å². The van der Waals surface area contributed by atoms with Crippen molar-refractivity contribution < 1.29 is 23.1 Å². The Hall–Kier alpha value is -3.20. The molecule has 0 aliphatic carbocycles. The molecular weight excluding hydrogens is 409 g/mol. The third kappa shape index (κ3) is 4.46. The Bertz CT molecular complexity index is 1120. The lowest BCUT2D eigenvalue weighted by Gasteiger charge is -2.38. The first-order valence-electron chi connectivity index (χ1n) is 9.62. The fourth-order valence-corrected chi connectivity index (χ4v) is 3.47. The Balaban J connectivity index is 2.03. The Kier molecular flexibility index (Phi) is 5.91. The smallest absolute Gasteiger partial charge is 0.397 e.